The maximum Gasteiger partial charge on any atom is 0.407 e. The van der Waals surface area contributed by atoms with Crippen molar-refractivity contribution in [3.8, 4) is 0 Å². The Morgan fingerprint density at radius 1 is 1.09 bits per heavy atom. The molecule has 0 aliphatic carbocycles. The summed E-state index contributed by atoms with van der Waals surface area (Å²) in [4.78, 5) is 12.0. The van der Waals surface area contributed by atoms with E-state index in [1.165, 1.54) is 5.56 Å². The van der Waals surface area contributed by atoms with Crippen LogP contribution in [-0.4, -0.2) is 24.8 Å². The summed E-state index contributed by atoms with van der Waals surface area (Å²) in [6.45, 7) is 0.965. The molecule has 1 aliphatic heterocycles. The van der Waals surface area contributed by atoms with Crippen LogP contribution in [0.3, 0.4) is 0 Å². The zero-order chi connectivity index (χ0) is 15.2. The number of nitrogens with one attached hydrogen (secondary N) is 1. The summed E-state index contributed by atoms with van der Waals surface area (Å²) in [6, 6.07) is 19.7. The minimum Gasteiger partial charge on any atom is -0.445 e. The van der Waals surface area contributed by atoms with Crippen LogP contribution in [0.1, 0.15) is 11.1 Å². The second kappa shape index (κ2) is 7.09. The molecule has 4 heteroatoms. The van der Waals surface area contributed by atoms with Crippen molar-refractivity contribution in [3.05, 3.63) is 71.8 Å². The standard InChI is InChI=1S/C18H19NO3/c20-18(22-12-15-9-5-2-6-10-15)19-16(17-13-21-17)11-14-7-3-1-4-8-14/h1-10,16-17H,11-13H2,(H,19,20)/t16-,17+/m1/s1. The quantitative estimate of drug-likeness (QED) is 0.834. The largest absolute Gasteiger partial charge is 0.445 e. The van der Waals surface area contributed by atoms with Gasteiger partial charge < -0.3 is 14.8 Å². The van der Waals surface area contributed by atoms with Gasteiger partial charge in [-0.15, -0.1) is 0 Å². The molecule has 1 heterocycles. The van der Waals surface area contributed by atoms with Gasteiger partial charge in [-0.2, -0.15) is 0 Å². The Morgan fingerprint density at radius 2 is 1.68 bits per heavy atom. The van der Waals surface area contributed by atoms with Crippen molar-refractivity contribution in [2.24, 2.45) is 0 Å². The lowest BCUT2D eigenvalue weighted by molar-refractivity contribution is 0.133. The van der Waals surface area contributed by atoms with Gasteiger partial charge in [0.15, 0.2) is 0 Å². The van der Waals surface area contributed by atoms with E-state index in [1.54, 1.807) is 0 Å². The molecule has 1 saturated heterocycles. The van der Waals surface area contributed by atoms with Gasteiger partial charge in [0.2, 0.25) is 0 Å². The molecule has 2 aromatic rings. The van der Waals surface area contributed by atoms with E-state index in [1.807, 2.05) is 60.7 Å². The van der Waals surface area contributed by atoms with Gasteiger partial charge in [-0.3, -0.25) is 0 Å². The number of amides is 1. The van der Waals surface area contributed by atoms with Crippen molar-refractivity contribution in [2.45, 2.75) is 25.2 Å². The number of ether oxygens (including phenoxy) is 2. The molecule has 0 radical (unpaired) electrons. The Bertz CT molecular complexity index is 596. The highest BCUT2D eigenvalue weighted by molar-refractivity contribution is 5.67. The van der Waals surface area contributed by atoms with Crippen LogP contribution < -0.4 is 5.32 Å². The van der Waals surface area contributed by atoms with Crippen molar-refractivity contribution in [2.75, 3.05) is 6.61 Å². The Hall–Kier alpha value is -2.33. The van der Waals surface area contributed by atoms with E-state index >= 15 is 0 Å². The SMILES string of the molecule is O=C(N[C@H](Cc1ccccc1)[C@@H]1CO1)OCc1ccccc1. The van der Waals surface area contributed by atoms with Crippen LogP contribution >= 0.6 is 0 Å². The van der Waals surface area contributed by atoms with E-state index < -0.39 is 6.09 Å². The monoisotopic (exact) mass is 297 g/mol. The predicted octanol–water partition coefficient (Wildman–Crippen LogP) is 2.92. The molecule has 3 rings (SSSR count). The van der Waals surface area contributed by atoms with Crippen LogP contribution in [0.4, 0.5) is 4.79 Å². The minimum absolute atomic E-state index is 0.0503. The first-order chi connectivity index (χ1) is 10.8. The fourth-order valence-electron chi connectivity index (χ4n) is 2.35. The Kier molecular flexibility index (Phi) is 4.71. The van der Waals surface area contributed by atoms with Gasteiger partial charge in [-0.25, -0.2) is 4.79 Å². The summed E-state index contributed by atoms with van der Waals surface area (Å²) in [6.07, 6.45) is 0.427. The molecule has 114 valence electrons. The highest BCUT2D eigenvalue weighted by Gasteiger charge is 2.34. The molecular weight excluding hydrogens is 278 g/mol. The van der Waals surface area contributed by atoms with Crippen molar-refractivity contribution in [1.29, 1.82) is 0 Å². The zero-order valence-electron chi connectivity index (χ0n) is 12.3. The smallest absolute Gasteiger partial charge is 0.407 e. The fourth-order valence-corrected chi connectivity index (χ4v) is 2.35. The normalized spacial score (nSPS) is 17.5. The van der Waals surface area contributed by atoms with Gasteiger partial charge in [-0.05, 0) is 17.5 Å². The molecule has 0 spiro atoms. The first kappa shape index (κ1) is 14.6. The predicted molar refractivity (Wildman–Crippen MR) is 83.4 cm³/mol. The van der Waals surface area contributed by atoms with Gasteiger partial charge in [0.1, 0.15) is 12.7 Å². The molecule has 0 saturated carbocycles. The third kappa shape index (κ3) is 4.33. The summed E-state index contributed by atoms with van der Waals surface area (Å²) in [5, 5.41) is 2.91. The van der Waals surface area contributed by atoms with Crippen molar-refractivity contribution in [3.63, 3.8) is 0 Å². The van der Waals surface area contributed by atoms with Gasteiger partial charge in [0.25, 0.3) is 0 Å². The van der Waals surface area contributed by atoms with E-state index in [9.17, 15) is 4.79 Å². The molecule has 22 heavy (non-hydrogen) atoms. The Labute approximate surface area is 130 Å². The average molecular weight is 297 g/mol. The summed E-state index contributed by atoms with van der Waals surface area (Å²) >= 11 is 0. The highest BCUT2D eigenvalue weighted by Crippen LogP contribution is 2.18. The van der Waals surface area contributed by atoms with Gasteiger partial charge in [-0.1, -0.05) is 60.7 Å². The van der Waals surface area contributed by atoms with E-state index in [0.717, 1.165) is 12.0 Å². The fraction of sp³-hybridized carbons (Fsp3) is 0.278. The van der Waals surface area contributed by atoms with E-state index in [2.05, 4.69) is 5.32 Å². The number of alkyl carbamates (subject to hydrolysis) is 1. The molecule has 4 nitrogen and oxygen atoms in total. The maximum absolute atomic E-state index is 12.0. The van der Waals surface area contributed by atoms with Crippen LogP contribution in [0.15, 0.2) is 60.7 Å². The highest BCUT2D eigenvalue weighted by atomic mass is 16.6. The first-order valence-corrected chi connectivity index (χ1v) is 7.44. The summed E-state index contributed by atoms with van der Waals surface area (Å²) < 4.78 is 10.6. The van der Waals surface area contributed by atoms with Crippen LogP contribution in [0.25, 0.3) is 0 Å². The summed E-state index contributed by atoms with van der Waals surface area (Å²) in [5.41, 5.74) is 2.14. The second-order valence-electron chi connectivity index (χ2n) is 5.37. The number of epoxide rings is 1. The van der Waals surface area contributed by atoms with Crippen LogP contribution in [0, 0.1) is 0 Å². The van der Waals surface area contributed by atoms with E-state index in [4.69, 9.17) is 9.47 Å². The van der Waals surface area contributed by atoms with Crippen molar-refractivity contribution in [1.82, 2.24) is 5.32 Å². The molecule has 1 fully saturated rings. The third-order valence-electron chi connectivity index (χ3n) is 3.62. The Balaban J connectivity index is 1.51. The first-order valence-electron chi connectivity index (χ1n) is 7.44. The topological polar surface area (TPSA) is 50.9 Å². The van der Waals surface area contributed by atoms with Gasteiger partial charge in [0.05, 0.1) is 12.6 Å². The average Bonchev–Trinajstić information content (AvgIpc) is 3.39. The maximum atomic E-state index is 12.0. The van der Waals surface area contributed by atoms with Gasteiger partial charge >= 0.3 is 6.09 Å². The van der Waals surface area contributed by atoms with E-state index in [0.29, 0.717) is 6.61 Å². The molecule has 0 unspecified atom stereocenters. The lowest BCUT2D eigenvalue weighted by Gasteiger charge is -2.16. The van der Waals surface area contributed by atoms with Gasteiger partial charge in [0, 0.05) is 0 Å². The van der Waals surface area contributed by atoms with Crippen LogP contribution in [-0.2, 0) is 22.5 Å². The number of rotatable bonds is 6. The summed E-state index contributed by atoms with van der Waals surface area (Å²) in [7, 11) is 0. The lowest BCUT2D eigenvalue weighted by atomic mass is 10.0. The van der Waals surface area contributed by atoms with Crippen LogP contribution in [0.2, 0.25) is 0 Å². The summed E-state index contributed by atoms with van der Waals surface area (Å²) in [5.74, 6) is 0. The van der Waals surface area contributed by atoms with Crippen molar-refractivity contribution < 1.29 is 14.3 Å². The molecule has 1 aliphatic rings. The zero-order valence-corrected chi connectivity index (χ0v) is 12.3. The van der Waals surface area contributed by atoms with Crippen LogP contribution in [0.5, 0.6) is 0 Å². The second-order valence-corrected chi connectivity index (χ2v) is 5.37. The Morgan fingerprint density at radius 3 is 2.27 bits per heavy atom. The molecule has 2 aromatic carbocycles. The number of benzene rings is 2. The molecular formula is C18H19NO3. The number of hydrogen-bond acceptors (Lipinski definition) is 3. The van der Waals surface area contributed by atoms with E-state index in [-0.39, 0.29) is 18.8 Å². The molecule has 1 N–H and O–H groups in total. The minimum atomic E-state index is -0.403. The number of carbonyl (C=O) groups is 1. The third-order valence-corrected chi connectivity index (χ3v) is 3.62. The molecule has 2 atom stereocenters. The van der Waals surface area contributed by atoms with Crippen molar-refractivity contribution >= 4 is 6.09 Å². The molecule has 1 amide bonds. The lowest BCUT2D eigenvalue weighted by Crippen LogP contribution is -2.40. The number of carbonyl (C=O) groups excluding carboxylic acids is 1. The molecule has 0 aromatic heterocycles. The number of hydrogen-bond donors (Lipinski definition) is 1. The molecule has 0 bridgehead atoms.